The first-order chi connectivity index (χ1) is 16.1. The summed E-state index contributed by atoms with van der Waals surface area (Å²) in [6, 6.07) is 4.54. The zero-order chi connectivity index (χ0) is 22.5. The minimum atomic E-state index is -0.0412. The molecular formula is C23H27BrN6O3. The smallest absolute Gasteiger partial charge is 0.281 e. The van der Waals surface area contributed by atoms with Crippen molar-refractivity contribution >= 4 is 39.6 Å². The molecule has 0 aliphatic carbocycles. The van der Waals surface area contributed by atoms with E-state index in [1.165, 1.54) is 5.56 Å². The van der Waals surface area contributed by atoms with Crippen molar-refractivity contribution in [1.29, 1.82) is 0 Å². The summed E-state index contributed by atoms with van der Waals surface area (Å²) in [6.45, 7) is 6.69. The van der Waals surface area contributed by atoms with Gasteiger partial charge in [0.1, 0.15) is 5.75 Å². The summed E-state index contributed by atoms with van der Waals surface area (Å²) in [5.74, 6) is 3.05. The van der Waals surface area contributed by atoms with Gasteiger partial charge in [0.15, 0.2) is 11.5 Å². The molecule has 1 fully saturated rings. The van der Waals surface area contributed by atoms with Crippen LogP contribution in [-0.4, -0.2) is 71.8 Å². The third kappa shape index (κ3) is 3.50. The average Bonchev–Trinajstić information content (AvgIpc) is 3.55. The van der Waals surface area contributed by atoms with Crippen molar-refractivity contribution in [2.45, 2.75) is 38.8 Å². The van der Waals surface area contributed by atoms with E-state index in [4.69, 9.17) is 14.5 Å². The van der Waals surface area contributed by atoms with Gasteiger partial charge in [0.05, 0.1) is 24.2 Å². The Kier molecular flexibility index (Phi) is 5.29. The molecule has 2 aromatic rings. The summed E-state index contributed by atoms with van der Waals surface area (Å²) in [7, 11) is 0. The Bertz CT molecular complexity index is 1140. The molecule has 1 aromatic carbocycles. The number of nitrogens with one attached hydrogen (secondary N) is 1. The molecule has 1 saturated heterocycles. The molecule has 10 heteroatoms. The van der Waals surface area contributed by atoms with E-state index in [2.05, 4.69) is 47.8 Å². The molecule has 0 unspecified atom stereocenters. The number of aromatic nitrogens is 2. The maximum absolute atomic E-state index is 13.6. The van der Waals surface area contributed by atoms with Crippen LogP contribution < -0.4 is 15.0 Å². The summed E-state index contributed by atoms with van der Waals surface area (Å²) in [5, 5.41) is 3.63. The highest BCUT2D eigenvalue weighted by Crippen LogP contribution is 2.37. The fraction of sp³-hybridized carbons (Fsp3) is 0.522. The van der Waals surface area contributed by atoms with E-state index in [1.807, 2.05) is 6.92 Å². The van der Waals surface area contributed by atoms with Crippen LogP contribution in [0.1, 0.15) is 41.4 Å². The second-order valence-electron chi connectivity index (χ2n) is 8.77. The van der Waals surface area contributed by atoms with E-state index >= 15 is 0 Å². The van der Waals surface area contributed by atoms with Gasteiger partial charge in [-0.1, -0.05) is 6.07 Å². The molecule has 5 heterocycles. The van der Waals surface area contributed by atoms with E-state index in [1.54, 1.807) is 4.90 Å². The molecule has 6 rings (SSSR count). The third-order valence-corrected chi connectivity index (χ3v) is 7.31. The zero-order valence-corrected chi connectivity index (χ0v) is 20.2. The molecular weight excluding hydrogens is 488 g/mol. The number of carbonyl (C=O) groups excluding carboxylic acids is 1. The first kappa shape index (κ1) is 21.0. The van der Waals surface area contributed by atoms with Crippen molar-refractivity contribution in [2.24, 2.45) is 4.99 Å². The van der Waals surface area contributed by atoms with Crippen molar-refractivity contribution in [3.63, 3.8) is 0 Å². The van der Waals surface area contributed by atoms with Gasteiger partial charge in [-0.15, -0.1) is 0 Å². The first-order valence-electron chi connectivity index (χ1n) is 11.7. The van der Waals surface area contributed by atoms with Crippen molar-refractivity contribution in [1.82, 2.24) is 14.5 Å². The number of imidazole rings is 1. The number of ether oxygens (including phenoxy) is 2. The quantitative estimate of drug-likeness (QED) is 0.660. The number of fused-ring (bicyclic) bond motifs is 4. The van der Waals surface area contributed by atoms with E-state index in [0.29, 0.717) is 37.8 Å². The largest absolute Gasteiger partial charge is 0.492 e. The Balaban J connectivity index is 1.44. The Labute approximate surface area is 200 Å². The number of aliphatic imine (C=N–C) groups is 1. The van der Waals surface area contributed by atoms with Crippen LogP contribution in [0, 0.1) is 0 Å². The van der Waals surface area contributed by atoms with Crippen LogP contribution in [0.5, 0.6) is 5.75 Å². The highest BCUT2D eigenvalue weighted by molar-refractivity contribution is 9.10. The summed E-state index contributed by atoms with van der Waals surface area (Å²) in [5.41, 5.74) is 2.93. The maximum atomic E-state index is 13.6. The molecule has 4 aliphatic heterocycles. The van der Waals surface area contributed by atoms with Gasteiger partial charge < -0.3 is 14.8 Å². The van der Waals surface area contributed by atoms with Crippen LogP contribution in [-0.2, 0) is 17.7 Å². The molecule has 9 nitrogen and oxygen atoms in total. The number of halogens is 1. The molecule has 0 atom stereocenters. The van der Waals surface area contributed by atoms with Gasteiger partial charge >= 0.3 is 0 Å². The number of hydrogen-bond donors (Lipinski definition) is 1. The van der Waals surface area contributed by atoms with Gasteiger partial charge in [0.25, 0.3) is 5.91 Å². The van der Waals surface area contributed by atoms with Crippen molar-refractivity contribution in [3.8, 4) is 5.75 Å². The number of carbonyl (C=O) groups is 1. The van der Waals surface area contributed by atoms with Crippen LogP contribution in [0.3, 0.4) is 0 Å². The molecule has 33 heavy (non-hydrogen) atoms. The Morgan fingerprint density at radius 1 is 1.24 bits per heavy atom. The molecule has 174 valence electrons. The Morgan fingerprint density at radius 3 is 2.91 bits per heavy atom. The number of anilines is 2. The Morgan fingerprint density at radius 2 is 2.09 bits per heavy atom. The van der Waals surface area contributed by atoms with Crippen LogP contribution in [0.15, 0.2) is 21.6 Å². The second kappa shape index (κ2) is 8.32. The fourth-order valence-electron chi connectivity index (χ4n) is 5.10. The van der Waals surface area contributed by atoms with Gasteiger partial charge in [0.2, 0.25) is 11.9 Å². The minimum Gasteiger partial charge on any atom is -0.492 e. The summed E-state index contributed by atoms with van der Waals surface area (Å²) < 4.78 is 14.3. The number of rotatable bonds is 5. The topological polar surface area (TPSA) is 84.2 Å². The molecule has 0 radical (unpaired) electrons. The molecule has 0 bridgehead atoms. The predicted octanol–water partition coefficient (Wildman–Crippen LogP) is 2.87. The van der Waals surface area contributed by atoms with Crippen molar-refractivity contribution in [2.75, 3.05) is 49.7 Å². The normalized spacial score (nSPS) is 19.8. The highest BCUT2D eigenvalue weighted by atomic mass is 79.9. The lowest BCUT2D eigenvalue weighted by Crippen LogP contribution is -2.50. The molecule has 1 amide bonds. The first-order valence-corrected chi connectivity index (χ1v) is 12.5. The van der Waals surface area contributed by atoms with Gasteiger partial charge in [-0.25, -0.2) is 0 Å². The van der Waals surface area contributed by atoms with Crippen LogP contribution >= 0.6 is 15.9 Å². The monoisotopic (exact) mass is 514 g/mol. The van der Waals surface area contributed by atoms with Gasteiger partial charge in [-0.3, -0.25) is 24.2 Å². The van der Waals surface area contributed by atoms with Crippen molar-refractivity contribution in [3.05, 3.63) is 33.4 Å². The van der Waals surface area contributed by atoms with Crippen LogP contribution in [0.2, 0.25) is 0 Å². The summed E-state index contributed by atoms with van der Waals surface area (Å²) >= 11 is 3.67. The second-order valence-corrected chi connectivity index (χ2v) is 9.63. The average molecular weight is 515 g/mol. The number of guanidine groups is 1. The molecule has 0 spiro atoms. The predicted molar refractivity (Wildman–Crippen MR) is 128 cm³/mol. The number of hydrogen-bond acceptors (Lipinski definition) is 7. The summed E-state index contributed by atoms with van der Waals surface area (Å²) in [4.78, 5) is 27.0. The van der Waals surface area contributed by atoms with E-state index in [9.17, 15) is 4.79 Å². The number of nitrogens with zero attached hydrogens (tertiary/aromatic N) is 5. The number of benzene rings is 1. The van der Waals surface area contributed by atoms with E-state index in [-0.39, 0.29) is 11.9 Å². The van der Waals surface area contributed by atoms with Gasteiger partial charge in [-0.2, -0.15) is 4.98 Å². The molecule has 4 aliphatic rings. The van der Waals surface area contributed by atoms with Gasteiger partial charge in [-0.05, 0) is 52.9 Å². The van der Waals surface area contributed by atoms with Gasteiger partial charge in [0, 0.05) is 38.8 Å². The molecule has 0 saturated carbocycles. The minimum absolute atomic E-state index is 0.0412. The lowest BCUT2D eigenvalue weighted by Gasteiger charge is -2.32. The Hall–Kier alpha value is -2.59. The molecule has 1 aromatic heterocycles. The number of amides is 1. The van der Waals surface area contributed by atoms with E-state index in [0.717, 1.165) is 66.7 Å². The lowest BCUT2D eigenvalue weighted by molar-refractivity contribution is 0.0835. The standard InChI is InChI=1S/C23H27BrN6O3/c1-2-28-21(31)18-20(29-7-6-25-23(28)29)27-22(26-16-4-8-32-9-5-16)30(18)13-14-11-15-3-10-33-19(15)17(24)12-14/h11-12,16H,2-10,13H2,1H3,(H,26,27). The van der Waals surface area contributed by atoms with E-state index < -0.39 is 0 Å². The maximum Gasteiger partial charge on any atom is 0.281 e. The van der Waals surface area contributed by atoms with Crippen LogP contribution in [0.25, 0.3) is 0 Å². The van der Waals surface area contributed by atoms with Crippen molar-refractivity contribution < 1.29 is 14.3 Å². The zero-order valence-electron chi connectivity index (χ0n) is 18.6. The van der Waals surface area contributed by atoms with Crippen LogP contribution in [0.4, 0.5) is 11.8 Å². The SMILES string of the molecule is CCN1C(=O)c2c(nc(NC3CCOCC3)n2Cc2cc(Br)c3c(c2)CCO3)N2CCN=C12. The third-order valence-electron chi connectivity index (χ3n) is 6.72. The fourth-order valence-corrected chi connectivity index (χ4v) is 5.76. The highest BCUT2D eigenvalue weighted by Gasteiger charge is 2.41. The summed E-state index contributed by atoms with van der Waals surface area (Å²) in [6.07, 6.45) is 2.74. The lowest BCUT2D eigenvalue weighted by atomic mass is 10.1. The molecule has 1 N–H and O–H groups in total.